The van der Waals surface area contributed by atoms with Gasteiger partial charge in [-0.25, -0.2) is 0 Å². The van der Waals surface area contributed by atoms with Crippen molar-refractivity contribution in [2.24, 2.45) is 4.99 Å². The standard InChI is InChI=1S/C13H14.C11H14N2.CH4/c1-11-6-5-9-13(10-11)12-7-3-2-4-8-12;1-4-6-13-10(3)11-5-7-12-9(2)8-11;/h2-3,5-7,9-10H,4,8H2,1H3;4-8H,1-3H3;1H4/b;6-4-,13-10?;. The maximum atomic E-state index is 4.26. The minimum Gasteiger partial charge on any atom is -0.262 e. The van der Waals surface area contributed by atoms with Crippen LogP contribution in [0, 0.1) is 13.8 Å². The van der Waals surface area contributed by atoms with Gasteiger partial charge in [0, 0.05) is 23.8 Å². The fourth-order valence-corrected chi connectivity index (χ4v) is 2.72. The monoisotopic (exact) mass is 360 g/mol. The molecule has 27 heavy (non-hydrogen) atoms. The number of hydrogen-bond acceptors (Lipinski definition) is 2. The first-order valence-corrected chi connectivity index (χ1v) is 9.11. The third-order valence-corrected chi connectivity index (χ3v) is 4.13. The van der Waals surface area contributed by atoms with Crippen LogP contribution in [0.15, 0.2) is 78.1 Å². The van der Waals surface area contributed by atoms with Crippen LogP contribution in [-0.2, 0) is 0 Å². The predicted octanol–water partition coefficient (Wildman–Crippen LogP) is 7.10. The molecule has 1 aliphatic rings. The summed E-state index contributed by atoms with van der Waals surface area (Å²) in [5.74, 6) is 0. The molecule has 0 aliphatic heterocycles. The van der Waals surface area contributed by atoms with Crippen molar-refractivity contribution in [3.8, 4) is 0 Å². The van der Waals surface area contributed by atoms with Crippen LogP contribution in [0.2, 0.25) is 0 Å². The van der Waals surface area contributed by atoms with Crippen molar-refractivity contribution >= 4 is 11.3 Å². The molecule has 0 bridgehead atoms. The summed E-state index contributed by atoms with van der Waals surface area (Å²) < 4.78 is 0. The lowest BCUT2D eigenvalue weighted by molar-refractivity contribution is 1.05. The molecule has 0 atom stereocenters. The van der Waals surface area contributed by atoms with E-state index in [4.69, 9.17) is 0 Å². The van der Waals surface area contributed by atoms with E-state index < -0.39 is 0 Å². The van der Waals surface area contributed by atoms with Gasteiger partial charge in [0.25, 0.3) is 0 Å². The molecule has 0 saturated carbocycles. The summed E-state index contributed by atoms with van der Waals surface area (Å²) in [6.45, 7) is 8.07. The molecular formula is C25H32N2. The van der Waals surface area contributed by atoms with Gasteiger partial charge in [0.05, 0.1) is 0 Å². The minimum absolute atomic E-state index is 0. The minimum atomic E-state index is 0. The van der Waals surface area contributed by atoms with E-state index in [0.29, 0.717) is 0 Å². The zero-order valence-electron chi connectivity index (χ0n) is 16.2. The number of rotatable bonds is 3. The van der Waals surface area contributed by atoms with Gasteiger partial charge in [-0.2, -0.15) is 0 Å². The Morgan fingerprint density at radius 1 is 1.15 bits per heavy atom. The highest BCUT2D eigenvalue weighted by Gasteiger charge is 2.02. The van der Waals surface area contributed by atoms with E-state index in [0.717, 1.165) is 17.0 Å². The summed E-state index contributed by atoms with van der Waals surface area (Å²) >= 11 is 0. The third-order valence-electron chi connectivity index (χ3n) is 4.13. The van der Waals surface area contributed by atoms with Crippen molar-refractivity contribution in [2.75, 3.05) is 0 Å². The molecule has 0 saturated heterocycles. The highest BCUT2D eigenvalue weighted by molar-refractivity contribution is 5.99. The first-order valence-electron chi connectivity index (χ1n) is 9.11. The van der Waals surface area contributed by atoms with Crippen molar-refractivity contribution in [3.63, 3.8) is 0 Å². The van der Waals surface area contributed by atoms with E-state index in [9.17, 15) is 0 Å². The van der Waals surface area contributed by atoms with Gasteiger partial charge in [0.2, 0.25) is 0 Å². The topological polar surface area (TPSA) is 25.2 Å². The Labute approximate surface area is 165 Å². The molecule has 1 aliphatic carbocycles. The van der Waals surface area contributed by atoms with Gasteiger partial charge in [-0.1, -0.05) is 61.6 Å². The van der Waals surface area contributed by atoms with Gasteiger partial charge in [-0.15, -0.1) is 0 Å². The second-order valence-corrected chi connectivity index (χ2v) is 6.41. The molecule has 0 unspecified atom stereocenters. The number of aliphatic imine (C=N–C) groups is 1. The van der Waals surface area contributed by atoms with Crippen molar-refractivity contribution in [2.45, 2.75) is 48.0 Å². The largest absolute Gasteiger partial charge is 0.262 e. The normalized spacial score (nSPS) is 13.5. The lowest BCUT2D eigenvalue weighted by Crippen LogP contribution is -1.95. The molecule has 0 radical (unpaired) electrons. The lowest BCUT2D eigenvalue weighted by atomic mass is 9.96. The Kier molecular flexibility index (Phi) is 9.74. The van der Waals surface area contributed by atoms with Crippen LogP contribution >= 0.6 is 0 Å². The van der Waals surface area contributed by atoms with Gasteiger partial charge in [0.15, 0.2) is 0 Å². The first-order chi connectivity index (χ1) is 12.6. The van der Waals surface area contributed by atoms with Crippen LogP contribution in [-0.4, -0.2) is 10.7 Å². The molecule has 0 amide bonds. The second-order valence-electron chi connectivity index (χ2n) is 6.41. The average Bonchev–Trinajstić information content (AvgIpc) is 2.67. The highest BCUT2D eigenvalue weighted by atomic mass is 14.7. The smallest absolute Gasteiger partial charge is 0.0445 e. The average molecular weight is 361 g/mol. The van der Waals surface area contributed by atoms with Crippen LogP contribution in [0.3, 0.4) is 0 Å². The summed E-state index contributed by atoms with van der Waals surface area (Å²) in [6, 6.07) is 12.7. The van der Waals surface area contributed by atoms with Crippen molar-refractivity contribution in [3.05, 3.63) is 95.5 Å². The molecule has 1 aromatic heterocycles. The van der Waals surface area contributed by atoms with Crippen LogP contribution in [0.1, 0.15) is 56.5 Å². The number of aromatic nitrogens is 1. The number of benzene rings is 1. The fraction of sp³-hybridized carbons (Fsp3) is 0.280. The van der Waals surface area contributed by atoms with Gasteiger partial charge in [0.1, 0.15) is 0 Å². The Morgan fingerprint density at radius 3 is 2.59 bits per heavy atom. The number of hydrogen-bond donors (Lipinski definition) is 0. The summed E-state index contributed by atoms with van der Waals surface area (Å²) in [4.78, 5) is 8.39. The number of nitrogens with zero attached hydrogens (tertiary/aromatic N) is 2. The Balaban J connectivity index is 0.000000260. The second kappa shape index (κ2) is 11.8. The number of allylic oxidation sites excluding steroid dienone is 5. The molecule has 0 N–H and O–H groups in total. The number of aryl methyl sites for hydroxylation is 2. The Morgan fingerprint density at radius 2 is 1.96 bits per heavy atom. The Bertz CT molecular complexity index is 839. The molecule has 3 rings (SSSR count). The quantitative estimate of drug-likeness (QED) is 0.536. The van der Waals surface area contributed by atoms with Gasteiger partial charge in [-0.3, -0.25) is 9.98 Å². The van der Waals surface area contributed by atoms with E-state index in [1.807, 2.05) is 39.0 Å². The summed E-state index contributed by atoms with van der Waals surface area (Å²) in [7, 11) is 0. The number of pyridine rings is 1. The van der Waals surface area contributed by atoms with E-state index in [1.165, 1.54) is 29.5 Å². The Hall–Kier alpha value is -2.74. The van der Waals surface area contributed by atoms with E-state index in [2.05, 4.69) is 59.4 Å². The zero-order valence-corrected chi connectivity index (χ0v) is 16.2. The summed E-state index contributed by atoms with van der Waals surface area (Å²) in [5.41, 5.74) is 7.35. The van der Waals surface area contributed by atoms with E-state index in [1.54, 1.807) is 12.4 Å². The molecule has 1 aromatic carbocycles. The highest BCUT2D eigenvalue weighted by Crippen LogP contribution is 2.23. The zero-order chi connectivity index (χ0) is 18.8. The van der Waals surface area contributed by atoms with E-state index >= 15 is 0 Å². The third kappa shape index (κ3) is 7.57. The summed E-state index contributed by atoms with van der Waals surface area (Å²) in [6.07, 6.45) is 14.5. The van der Waals surface area contributed by atoms with Gasteiger partial charge >= 0.3 is 0 Å². The molecule has 1 heterocycles. The molecule has 0 fully saturated rings. The SMILES string of the molecule is C.C/C=C\N=C(C)c1ccnc(C)c1.Cc1cccc(C2=CC=CCC2)c1. The molecule has 2 heteroatoms. The lowest BCUT2D eigenvalue weighted by Gasteiger charge is -2.09. The summed E-state index contributed by atoms with van der Waals surface area (Å²) in [5, 5.41) is 0. The van der Waals surface area contributed by atoms with Crippen molar-refractivity contribution in [1.82, 2.24) is 4.98 Å². The molecule has 0 spiro atoms. The molecule has 142 valence electrons. The fourth-order valence-electron chi connectivity index (χ4n) is 2.72. The van der Waals surface area contributed by atoms with Crippen LogP contribution in [0.25, 0.3) is 5.57 Å². The maximum absolute atomic E-state index is 4.26. The van der Waals surface area contributed by atoms with Gasteiger partial charge < -0.3 is 0 Å². The van der Waals surface area contributed by atoms with Crippen LogP contribution in [0.5, 0.6) is 0 Å². The van der Waals surface area contributed by atoms with Crippen LogP contribution in [0.4, 0.5) is 0 Å². The molecule has 2 aromatic rings. The maximum Gasteiger partial charge on any atom is 0.0445 e. The van der Waals surface area contributed by atoms with E-state index in [-0.39, 0.29) is 7.43 Å². The van der Waals surface area contributed by atoms with Crippen LogP contribution < -0.4 is 0 Å². The molecular weight excluding hydrogens is 328 g/mol. The first kappa shape index (κ1) is 22.3. The van der Waals surface area contributed by atoms with Crippen molar-refractivity contribution < 1.29 is 0 Å². The van der Waals surface area contributed by atoms with Gasteiger partial charge in [-0.05, 0) is 69.4 Å². The molecule has 2 nitrogen and oxygen atoms in total. The predicted molar refractivity (Wildman–Crippen MR) is 120 cm³/mol. The van der Waals surface area contributed by atoms with Crippen molar-refractivity contribution in [1.29, 1.82) is 0 Å².